The van der Waals surface area contributed by atoms with Crippen LogP contribution in [0, 0.1) is 11.3 Å². The zero-order valence-electron chi connectivity index (χ0n) is 20.7. The van der Waals surface area contributed by atoms with Crippen molar-refractivity contribution in [1.29, 1.82) is 0 Å². The first-order valence-electron chi connectivity index (χ1n) is 11.8. The minimum Gasteiger partial charge on any atom is -0.438 e. The van der Waals surface area contributed by atoms with Gasteiger partial charge < -0.3 is 10.5 Å². The van der Waals surface area contributed by atoms with E-state index in [1.54, 1.807) is 17.8 Å². The number of carbonyl (C=O) groups is 3. The van der Waals surface area contributed by atoms with Crippen LogP contribution in [0.25, 0.3) is 11.3 Å². The average molecular weight is 513 g/mol. The molecule has 3 rings (SSSR count). The predicted molar refractivity (Wildman–Crippen MR) is 137 cm³/mol. The smallest absolute Gasteiger partial charge is 0.405 e. The van der Waals surface area contributed by atoms with Crippen LogP contribution in [0.5, 0.6) is 0 Å². The molecule has 2 atom stereocenters. The van der Waals surface area contributed by atoms with Gasteiger partial charge in [-0.3, -0.25) is 24.6 Å². The van der Waals surface area contributed by atoms with E-state index < -0.39 is 23.9 Å². The van der Waals surface area contributed by atoms with Crippen LogP contribution in [0.3, 0.4) is 0 Å². The van der Waals surface area contributed by atoms with E-state index in [2.05, 4.69) is 36.1 Å². The van der Waals surface area contributed by atoms with Gasteiger partial charge in [-0.25, -0.2) is 9.78 Å². The summed E-state index contributed by atoms with van der Waals surface area (Å²) in [6.07, 6.45) is 7.11. The van der Waals surface area contributed by atoms with Crippen LogP contribution in [0.2, 0.25) is 0 Å². The number of Topliss-reactive ketones (excluding diaryl/α,β-unsaturated/α-hetero) is 1. The molecule has 0 aromatic carbocycles. The number of anilines is 1. The molecule has 0 bridgehead atoms. The number of primary amides is 1. The number of pyridine rings is 1. The van der Waals surface area contributed by atoms with Crippen LogP contribution in [0.4, 0.5) is 9.93 Å². The third-order valence-corrected chi connectivity index (χ3v) is 6.62. The minimum atomic E-state index is -1.23. The summed E-state index contributed by atoms with van der Waals surface area (Å²) in [6, 6.07) is 5.84. The molecule has 0 saturated heterocycles. The highest BCUT2D eigenvalue weighted by Gasteiger charge is 2.29. The first-order valence-corrected chi connectivity index (χ1v) is 12.7. The van der Waals surface area contributed by atoms with E-state index in [0.29, 0.717) is 17.5 Å². The quantitative estimate of drug-likeness (QED) is 0.272. The lowest BCUT2D eigenvalue weighted by Gasteiger charge is -2.31. The first kappa shape index (κ1) is 27.0. The number of ketones is 1. The number of amides is 2. The molecule has 3 aromatic rings. The summed E-state index contributed by atoms with van der Waals surface area (Å²) < 4.78 is 6.91. The molecule has 3 heterocycles. The molecule has 0 saturated carbocycles. The third-order valence-electron chi connectivity index (χ3n) is 5.93. The molecule has 3 N–H and O–H groups in total. The monoisotopic (exact) mass is 512 g/mol. The van der Waals surface area contributed by atoms with Crippen molar-refractivity contribution in [3.63, 3.8) is 0 Å². The molecule has 3 aromatic heterocycles. The van der Waals surface area contributed by atoms with Gasteiger partial charge in [0.2, 0.25) is 0 Å². The van der Waals surface area contributed by atoms with Crippen LogP contribution >= 0.6 is 11.3 Å². The largest absolute Gasteiger partial charge is 0.438 e. The Morgan fingerprint density at radius 1 is 1.17 bits per heavy atom. The van der Waals surface area contributed by atoms with Gasteiger partial charge in [-0.1, -0.05) is 27.2 Å². The van der Waals surface area contributed by atoms with Gasteiger partial charge in [0.15, 0.2) is 11.2 Å². The fraction of sp³-hybridized carbons (Fsp3) is 0.440. The van der Waals surface area contributed by atoms with Crippen molar-refractivity contribution in [2.75, 3.05) is 5.32 Å². The van der Waals surface area contributed by atoms with Gasteiger partial charge >= 0.3 is 6.09 Å². The van der Waals surface area contributed by atoms with Crippen molar-refractivity contribution in [2.45, 2.75) is 59.1 Å². The number of nitrogens with one attached hydrogen (secondary N) is 1. The van der Waals surface area contributed by atoms with Gasteiger partial charge in [0.1, 0.15) is 0 Å². The molecular formula is C25H32N6O4S. The highest BCUT2D eigenvalue weighted by atomic mass is 32.1. The highest BCUT2D eigenvalue weighted by molar-refractivity contribution is 7.13. The maximum Gasteiger partial charge on any atom is 0.405 e. The summed E-state index contributed by atoms with van der Waals surface area (Å²) in [7, 11) is 0. The summed E-state index contributed by atoms with van der Waals surface area (Å²) in [5.74, 6) is -1.43. The van der Waals surface area contributed by atoms with E-state index in [-0.39, 0.29) is 11.8 Å². The van der Waals surface area contributed by atoms with Gasteiger partial charge in [0.05, 0.1) is 5.69 Å². The Bertz CT molecular complexity index is 1140. The van der Waals surface area contributed by atoms with E-state index in [1.165, 1.54) is 17.5 Å². The van der Waals surface area contributed by atoms with Gasteiger partial charge in [-0.2, -0.15) is 5.10 Å². The lowest BCUT2D eigenvalue weighted by Crippen LogP contribution is -2.37. The number of hydrogen-bond acceptors (Lipinski definition) is 8. The van der Waals surface area contributed by atoms with Crippen molar-refractivity contribution in [3.8, 4) is 11.3 Å². The SMILES string of the molecule is CC(C)(C)[C@H](CCCC[C@H](OC(N)=O)C(=O)C(=O)Nc1nccs1)Cn1ccc(-c2cccnc2)n1. The molecular weight excluding hydrogens is 480 g/mol. The van der Waals surface area contributed by atoms with E-state index in [4.69, 9.17) is 15.6 Å². The number of unbranched alkanes of at least 4 members (excludes halogenated alkanes) is 1. The van der Waals surface area contributed by atoms with Gasteiger partial charge in [0, 0.05) is 42.3 Å². The topological polar surface area (TPSA) is 142 Å². The Balaban J connectivity index is 1.55. The minimum absolute atomic E-state index is 0.0208. The summed E-state index contributed by atoms with van der Waals surface area (Å²) in [6.45, 7) is 7.30. The molecule has 10 nitrogen and oxygen atoms in total. The normalized spacial score (nSPS) is 13.1. The van der Waals surface area contributed by atoms with E-state index in [9.17, 15) is 14.4 Å². The van der Waals surface area contributed by atoms with Crippen LogP contribution in [-0.2, 0) is 20.9 Å². The van der Waals surface area contributed by atoms with Crippen molar-refractivity contribution < 1.29 is 19.1 Å². The number of rotatable bonds is 12. The molecule has 192 valence electrons. The van der Waals surface area contributed by atoms with Crippen molar-refractivity contribution >= 4 is 34.3 Å². The number of nitrogens with two attached hydrogens (primary N) is 1. The Labute approximate surface area is 214 Å². The predicted octanol–water partition coefficient (Wildman–Crippen LogP) is 4.30. The lowest BCUT2D eigenvalue weighted by atomic mass is 9.77. The maximum atomic E-state index is 12.6. The van der Waals surface area contributed by atoms with Gasteiger partial charge in [-0.15, -0.1) is 11.3 Å². The lowest BCUT2D eigenvalue weighted by molar-refractivity contribution is -0.140. The standard InChI is InChI=1S/C25H32N6O4S/c1-25(2,3)18(16-31-13-10-19(30-31)17-7-6-11-27-15-17)8-4-5-9-20(35-23(26)34)21(32)22(33)29-24-28-12-14-36-24/h6-7,10-15,18,20H,4-5,8-9,16H2,1-3H3,(H2,26,34)(H,28,29,33)/t18-,20+/m1/s1. The molecule has 36 heavy (non-hydrogen) atoms. The van der Waals surface area contributed by atoms with E-state index in [0.717, 1.165) is 30.6 Å². The Kier molecular flexibility index (Phi) is 9.29. The van der Waals surface area contributed by atoms with E-state index >= 15 is 0 Å². The molecule has 0 aliphatic heterocycles. The van der Waals surface area contributed by atoms with Crippen LogP contribution < -0.4 is 11.1 Å². The summed E-state index contributed by atoms with van der Waals surface area (Å²) in [4.78, 5) is 44.2. The van der Waals surface area contributed by atoms with Crippen molar-refractivity contribution in [1.82, 2.24) is 19.7 Å². The fourth-order valence-electron chi connectivity index (χ4n) is 3.85. The molecule has 0 aliphatic rings. The highest BCUT2D eigenvalue weighted by Crippen LogP contribution is 2.32. The Hall–Kier alpha value is -3.60. The van der Waals surface area contributed by atoms with Crippen LogP contribution in [0.15, 0.2) is 48.4 Å². The number of ether oxygens (including phenoxy) is 1. The Morgan fingerprint density at radius 2 is 1.94 bits per heavy atom. The van der Waals surface area contributed by atoms with Crippen LogP contribution in [-0.4, -0.2) is 43.6 Å². The number of aromatic nitrogens is 4. The molecule has 0 unspecified atom stereocenters. The van der Waals surface area contributed by atoms with Crippen LogP contribution in [0.1, 0.15) is 46.5 Å². The molecule has 11 heteroatoms. The second kappa shape index (κ2) is 12.4. The average Bonchev–Trinajstić information content (AvgIpc) is 3.51. The first-order chi connectivity index (χ1) is 17.1. The molecule has 2 amide bonds. The van der Waals surface area contributed by atoms with Gasteiger partial charge in [0.25, 0.3) is 11.7 Å². The summed E-state index contributed by atoms with van der Waals surface area (Å²) >= 11 is 1.18. The molecule has 0 fully saturated rings. The zero-order valence-corrected chi connectivity index (χ0v) is 21.5. The number of carbonyl (C=O) groups excluding carboxylic acids is 3. The van der Waals surface area contributed by atoms with Gasteiger partial charge in [-0.05, 0) is 48.8 Å². The number of hydrogen-bond donors (Lipinski definition) is 2. The molecule has 0 radical (unpaired) electrons. The molecule has 0 spiro atoms. The second-order valence-corrected chi connectivity index (χ2v) is 10.5. The third kappa shape index (κ3) is 7.98. The fourth-order valence-corrected chi connectivity index (χ4v) is 4.37. The summed E-state index contributed by atoms with van der Waals surface area (Å²) in [5, 5.41) is 9.09. The summed E-state index contributed by atoms with van der Waals surface area (Å²) in [5.41, 5.74) is 7.00. The van der Waals surface area contributed by atoms with Crippen molar-refractivity contribution in [3.05, 3.63) is 48.4 Å². The number of nitrogens with zero attached hydrogens (tertiary/aromatic N) is 4. The number of thiazole rings is 1. The second-order valence-electron chi connectivity index (χ2n) is 9.59. The van der Waals surface area contributed by atoms with Crippen molar-refractivity contribution in [2.24, 2.45) is 17.1 Å². The maximum absolute atomic E-state index is 12.6. The van der Waals surface area contributed by atoms with E-state index in [1.807, 2.05) is 29.1 Å². The molecule has 0 aliphatic carbocycles. The Morgan fingerprint density at radius 3 is 2.58 bits per heavy atom. The zero-order chi connectivity index (χ0) is 26.1.